The van der Waals surface area contributed by atoms with Crippen molar-refractivity contribution in [3.05, 3.63) is 78.5 Å². The van der Waals surface area contributed by atoms with Crippen LogP contribution in [0.5, 0.6) is 0 Å². The lowest BCUT2D eigenvalue weighted by molar-refractivity contribution is -0.137. The topological polar surface area (TPSA) is 52.1 Å². The second-order valence-electron chi connectivity index (χ2n) is 5.34. The first kappa shape index (κ1) is 16.6. The number of carbonyl (C=O) groups excluding carboxylic acids is 1. The SMILES string of the molecule is CCOC(=O)/C=C/c1cccc(-c2nccc(-c3ccccc3)n2)c1. The van der Waals surface area contributed by atoms with Gasteiger partial charge >= 0.3 is 5.97 Å². The fourth-order valence-corrected chi connectivity index (χ4v) is 2.40. The minimum Gasteiger partial charge on any atom is -0.463 e. The first-order valence-electron chi connectivity index (χ1n) is 8.10. The predicted octanol–water partition coefficient (Wildman–Crippen LogP) is 4.39. The van der Waals surface area contributed by atoms with E-state index in [-0.39, 0.29) is 5.97 Å². The molecule has 2 aromatic carbocycles. The van der Waals surface area contributed by atoms with E-state index in [0.29, 0.717) is 12.4 Å². The van der Waals surface area contributed by atoms with E-state index in [1.807, 2.05) is 60.7 Å². The lowest BCUT2D eigenvalue weighted by atomic mass is 10.1. The molecule has 0 saturated carbocycles. The lowest BCUT2D eigenvalue weighted by Crippen LogP contribution is -1.98. The summed E-state index contributed by atoms with van der Waals surface area (Å²) in [6, 6.07) is 19.6. The van der Waals surface area contributed by atoms with Gasteiger partial charge in [0.1, 0.15) is 0 Å². The van der Waals surface area contributed by atoms with E-state index < -0.39 is 0 Å². The number of benzene rings is 2. The smallest absolute Gasteiger partial charge is 0.330 e. The zero-order valence-corrected chi connectivity index (χ0v) is 13.9. The fourth-order valence-electron chi connectivity index (χ4n) is 2.40. The Morgan fingerprint density at radius 2 is 1.84 bits per heavy atom. The van der Waals surface area contributed by atoms with Gasteiger partial charge in [-0.1, -0.05) is 48.5 Å². The van der Waals surface area contributed by atoms with Gasteiger partial charge < -0.3 is 4.74 Å². The highest BCUT2D eigenvalue weighted by Gasteiger charge is 2.05. The molecule has 0 unspecified atom stereocenters. The molecular weight excluding hydrogens is 312 g/mol. The van der Waals surface area contributed by atoms with Gasteiger partial charge in [-0.25, -0.2) is 14.8 Å². The Labute approximate surface area is 146 Å². The molecule has 0 fully saturated rings. The fraction of sp³-hybridized carbons (Fsp3) is 0.0952. The van der Waals surface area contributed by atoms with Crippen LogP contribution in [0.25, 0.3) is 28.7 Å². The van der Waals surface area contributed by atoms with Gasteiger partial charge in [0.25, 0.3) is 0 Å². The van der Waals surface area contributed by atoms with Crippen LogP contribution in [0.15, 0.2) is 72.9 Å². The molecule has 3 rings (SSSR count). The average molecular weight is 330 g/mol. The molecule has 4 nitrogen and oxygen atoms in total. The predicted molar refractivity (Wildman–Crippen MR) is 98.6 cm³/mol. The first-order chi connectivity index (χ1) is 12.3. The Bertz CT molecular complexity index is 889. The molecule has 25 heavy (non-hydrogen) atoms. The average Bonchev–Trinajstić information content (AvgIpc) is 2.68. The van der Waals surface area contributed by atoms with Crippen LogP contribution in [0.1, 0.15) is 12.5 Å². The number of carbonyl (C=O) groups is 1. The van der Waals surface area contributed by atoms with E-state index in [0.717, 1.165) is 22.4 Å². The van der Waals surface area contributed by atoms with Crippen LogP contribution in [0.2, 0.25) is 0 Å². The summed E-state index contributed by atoms with van der Waals surface area (Å²) in [5.74, 6) is 0.294. The van der Waals surface area contributed by atoms with Crippen molar-refractivity contribution in [2.24, 2.45) is 0 Å². The van der Waals surface area contributed by atoms with E-state index in [4.69, 9.17) is 4.74 Å². The summed E-state index contributed by atoms with van der Waals surface area (Å²) in [6.45, 7) is 2.15. The number of hydrogen-bond acceptors (Lipinski definition) is 4. The number of hydrogen-bond donors (Lipinski definition) is 0. The largest absolute Gasteiger partial charge is 0.463 e. The third-order valence-electron chi connectivity index (χ3n) is 3.57. The summed E-state index contributed by atoms with van der Waals surface area (Å²) in [4.78, 5) is 20.5. The molecule has 0 saturated heterocycles. The molecule has 0 spiro atoms. The molecule has 0 N–H and O–H groups in total. The van der Waals surface area contributed by atoms with Gasteiger partial charge in [0.05, 0.1) is 12.3 Å². The summed E-state index contributed by atoms with van der Waals surface area (Å²) in [5, 5.41) is 0. The van der Waals surface area contributed by atoms with Gasteiger partial charge in [0.2, 0.25) is 0 Å². The molecule has 1 aromatic heterocycles. The molecule has 124 valence electrons. The van der Waals surface area contributed by atoms with Crippen LogP contribution in [-0.4, -0.2) is 22.5 Å². The highest BCUT2D eigenvalue weighted by molar-refractivity contribution is 5.87. The van der Waals surface area contributed by atoms with Gasteiger partial charge in [-0.2, -0.15) is 0 Å². The molecule has 0 radical (unpaired) electrons. The second kappa shape index (κ2) is 8.02. The number of esters is 1. The van der Waals surface area contributed by atoms with Crippen LogP contribution in [0.4, 0.5) is 0 Å². The normalized spacial score (nSPS) is 10.8. The van der Waals surface area contributed by atoms with Gasteiger partial charge in [-0.05, 0) is 30.7 Å². The Kier molecular flexibility index (Phi) is 5.32. The molecule has 3 aromatic rings. The van der Waals surface area contributed by atoms with Crippen LogP contribution >= 0.6 is 0 Å². The van der Waals surface area contributed by atoms with E-state index >= 15 is 0 Å². The maximum absolute atomic E-state index is 11.4. The molecule has 0 aliphatic heterocycles. The third-order valence-corrected chi connectivity index (χ3v) is 3.57. The molecular formula is C21H18N2O2. The van der Waals surface area contributed by atoms with Crippen molar-refractivity contribution in [1.29, 1.82) is 0 Å². The molecule has 0 atom stereocenters. The number of nitrogens with zero attached hydrogens (tertiary/aromatic N) is 2. The van der Waals surface area contributed by atoms with Gasteiger partial charge in [-0.15, -0.1) is 0 Å². The Morgan fingerprint density at radius 3 is 2.64 bits per heavy atom. The molecule has 0 aliphatic rings. The zero-order valence-electron chi connectivity index (χ0n) is 13.9. The maximum Gasteiger partial charge on any atom is 0.330 e. The third kappa shape index (κ3) is 4.38. The summed E-state index contributed by atoms with van der Waals surface area (Å²) >= 11 is 0. The standard InChI is InChI=1S/C21H18N2O2/c1-2-25-20(24)12-11-16-7-6-10-18(15-16)21-22-14-13-19(23-21)17-8-4-3-5-9-17/h3-15H,2H2,1H3/b12-11+. The first-order valence-corrected chi connectivity index (χ1v) is 8.10. The van der Waals surface area contributed by atoms with Gasteiger partial charge in [0.15, 0.2) is 5.82 Å². The van der Waals surface area contributed by atoms with Crippen molar-refractivity contribution in [3.63, 3.8) is 0 Å². The highest BCUT2D eigenvalue weighted by atomic mass is 16.5. The molecule has 4 heteroatoms. The Hall–Kier alpha value is -3.27. The Balaban J connectivity index is 1.87. The summed E-state index contributed by atoms with van der Waals surface area (Å²) in [6.07, 6.45) is 4.90. The maximum atomic E-state index is 11.4. The molecule has 0 aliphatic carbocycles. The van der Waals surface area contributed by atoms with Crippen molar-refractivity contribution in [1.82, 2.24) is 9.97 Å². The summed E-state index contributed by atoms with van der Waals surface area (Å²) < 4.78 is 4.89. The highest BCUT2D eigenvalue weighted by Crippen LogP contribution is 2.21. The van der Waals surface area contributed by atoms with Crippen LogP contribution < -0.4 is 0 Å². The van der Waals surface area contributed by atoms with Crippen LogP contribution in [-0.2, 0) is 9.53 Å². The van der Waals surface area contributed by atoms with Gasteiger partial charge in [-0.3, -0.25) is 0 Å². The van der Waals surface area contributed by atoms with Crippen molar-refractivity contribution < 1.29 is 9.53 Å². The zero-order chi connectivity index (χ0) is 17.5. The summed E-state index contributed by atoms with van der Waals surface area (Å²) in [7, 11) is 0. The number of ether oxygens (including phenoxy) is 1. The quantitative estimate of drug-likeness (QED) is 0.514. The van der Waals surface area contributed by atoms with Crippen LogP contribution in [0, 0.1) is 0 Å². The monoisotopic (exact) mass is 330 g/mol. The second-order valence-corrected chi connectivity index (χ2v) is 5.34. The van der Waals surface area contributed by atoms with Crippen molar-refractivity contribution in [2.75, 3.05) is 6.61 Å². The Morgan fingerprint density at radius 1 is 1.04 bits per heavy atom. The number of rotatable bonds is 5. The minimum absolute atomic E-state index is 0.352. The van der Waals surface area contributed by atoms with Crippen molar-refractivity contribution in [3.8, 4) is 22.6 Å². The molecule has 0 amide bonds. The van der Waals surface area contributed by atoms with Crippen molar-refractivity contribution >= 4 is 12.0 Å². The molecule has 0 bridgehead atoms. The van der Waals surface area contributed by atoms with E-state index in [9.17, 15) is 4.79 Å². The van der Waals surface area contributed by atoms with Gasteiger partial charge in [0, 0.05) is 23.4 Å². The molecule has 1 heterocycles. The van der Waals surface area contributed by atoms with E-state index in [1.165, 1.54) is 6.08 Å². The lowest BCUT2D eigenvalue weighted by Gasteiger charge is -2.05. The van der Waals surface area contributed by atoms with Crippen LogP contribution in [0.3, 0.4) is 0 Å². The van der Waals surface area contributed by atoms with E-state index in [1.54, 1.807) is 19.2 Å². The van der Waals surface area contributed by atoms with Crippen molar-refractivity contribution in [2.45, 2.75) is 6.92 Å². The summed E-state index contributed by atoms with van der Waals surface area (Å²) in [5.41, 5.74) is 3.70. The number of aromatic nitrogens is 2. The minimum atomic E-state index is -0.352. The van der Waals surface area contributed by atoms with E-state index in [2.05, 4.69) is 9.97 Å².